The summed E-state index contributed by atoms with van der Waals surface area (Å²) in [6.07, 6.45) is 5.66. The fourth-order valence-electron chi connectivity index (χ4n) is 2.92. The highest BCUT2D eigenvalue weighted by molar-refractivity contribution is 5.83. The summed E-state index contributed by atoms with van der Waals surface area (Å²) in [5.41, 5.74) is 0. The highest BCUT2D eigenvalue weighted by Gasteiger charge is 2.40. The molecule has 0 spiro atoms. The molecule has 2 amide bonds. The number of likely N-dealkylation sites (tertiary alicyclic amines) is 1. The van der Waals surface area contributed by atoms with E-state index >= 15 is 0 Å². The first kappa shape index (κ1) is 15.1. The van der Waals surface area contributed by atoms with Crippen LogP contribution in [-0.2, 0) is 4.79 Å². The van der Waals surface area contributed by atoms with Crippen LogP contribution in [0.5, 0.6) is 0 Å². The largest absolute Gasteiger partial charge is 0.480 e. The van der Waals surface area contributed by atoms with Crippen LogP contribution in [0.3, 0.4) is 0 Å². The van der Waals surface area contributed by atoms with Crippen molar-refractivity contribution < 1.29 is 14.7 Å². The fraction of sp³-hybridized carbons (Fsp3) is 0.867. The minimum absolute atomic E-state index is 0.0553. The summed E-state index contributed by atoms with van der Waals surface area (Å²) in [6, 6.07) is -0.350. The van der Waals surface area contributed by atoms with Gasteiger partial charge in [-0.2, -0.15) is 0 Å². The summed E-state index contributed by atoms with van der Waals surface area (Å²) in [6.45, 7) is 5.51. The van der Waals surface area contributed by atoms with E-state index in [1.165, 1.54) is 0 Å². The fourth-order valence-corrected chi connectivity index (χ4v) is 2.92. The maximum Gasteiger partial charge on any atom is 0.326 e. The molecular formula is C15H26N2O3. The van der Waals surface area contributed by atoms with Gasteiger partial charge in [0.25, 0.3) is 0 Å². The number of aliphatic carboxylic acids is 1. The number of rotatable bonds is 5. The molecular weight excluding hydrogens is 256 g/mol. The van der Waals surface area contributed by atoms with Crippen LogP contribution in [0.2, 0.25) is 0 Å². The molecule has 1 saturated carbocycles. The molecule has 1 heterocycles. The first-order chi connectivity index (χ1) is 9.54. The van der Waals surface area contributed by atoms with E-state index in [4.69, 9.17) is 0 Å². The molecule has 1 N–H and O–H groups in total. The lowest BCUT2D eigenvalue weighted by molar-refractivity contribution is -0.144. The molecule has 5 nitrogen and oxygen atoms in total. The first-order valence-electron chi connectivity index (χ1n) is 7.84. The Labute approximate surface area is 120 Å². The second-order valence-corrected chi connectivity index (χ2v) is 6.24. The van der Waals surface area contributed by atoms with Gasteiger partial charge in [-0.1, -0.05) is 20.3 Å². The number of nitrogens with zero attached hydrogens (tertiary/aromatic N) is 2. The van der Waals surface area contributed by atoms with Gasteiger partial charge in [0, 0.05) is 19.1 Å². The van der Waals surface area contributed by atoms with Gasteiger partial charge in [-0.15, -0.1) is 0 Å². The Hall–Kier alpha value is -1.26. The molecule has 1 saturated heterocycles. The second-order valence-electron chi connectivity index (χ2n) is 6.24. The van der Waals surface area contributed by atoms with Crippen LogP contribution in [0, 0.1) is 5.92 Å². The van der Waals surface area contributed by atoms with Gasteiger partial charge in [-0.05, 0) is 38.0 Å². The zero-order chi connectivity index (χ0) is 14.7. The quantitative estimate of drug-likeness (QED) is 0.843. The number of hydrogen-bond donors (Lipinski definition) is 1. The Kier molecular flexibility index (Phi) is 4.89. The van der Waals surface area contributed by atoms with E-state index in [2.05, 4.69) is 13.8 Å². The summed E-state index contributed by atoms with van der Waals surface area (Å²) >= 11 is 0. The molecule has 2 rings (SSSR count). The molecule has 2 fully saturated rings. The van der Waals surface area contributed by atoms with Crippen molar-refractivity contribution in [2.45, 2.75) is 64.5 Å². The van der Waals surface area contributed by atoms with E-state index in [-0.39, 0.29) is 6.03 Å². The standard InChI is InChI=1S/C15H26N2O3/c1-3-4-8-16(12-5-6-12)15(20)17-9-7-11(2)10-13(17)14(18)19/h11-13H,3-10H2,1-2H3,(H,18,19). The normalized spacial score (nSPS) is 26.4. The maximum atomic E-state index is 12.7. The lowest BCUT2D eigenvalue weighted by Gasteiger charge is -2.39. The van der Waals surface area contributed by atoms with E-state index in [0.717, 1.165) is 38.6 Å². The Morgan fingerprint density at radius 2 is 2.00 bits per heavy atom. The number of urea groups is 1. The molecule has 114 valence electrons. The SMILES string of the molecule is CCCCN(C(=O)N1CCC(C)CC1C(=O)O)C1CC1. The summed E-state index contributed by atoms with van der Waals surface area (Å²) < 4.78 is 0. The topological polar surface area (TPSA) is 60.9 Å². The van der Waals surface area contributed by atoms with E-state index < -0.39 is 12.0 Å². The lowest BCUT2D eigenvalue weighted by Crippen LogP contribution is -2.55. The smallest absolute Gasteiger partial charge is 0.326 e. The predicted octanol–water partition coefficient (Wildman–Crippen LogP) is 2.56. The maximum absolute atomic E-state index is 12.7. The zero-order valence-electron chi connectivity index (χ0n) is 12.5. The van der Waals surface area contributed by atoms with Gasteiger partial charge < -0.3 is 14.9 Å². The van der Waals surface area contributed by atoms with Crippen LogP contribution in [-0.4, -0.2) is 52.1 Å². The van der Waals surface area contributed by atoms with Crippen molar-refractivity contribution >= 4 is 12.0 Å². The van der Waals surface area contributed by atoms with Crippen molar-refractivity contribution in [1.82, 2.24) is 9.80 Å². The first-order valence-corrected chi connectivity index (χ1v) is 7.84. The Morgan fingerprint density at radius 1 is 1.30 bits per heavy atom. The number of piperidine rings is 1. The molecule has 2 aliphatic rings. The van der Waals surface area contributed by atoms with E-state index in [9.17, 15) is 14.7 Å². The molecule has 0 aromatic heterocycles. The molecule has 0 radical (unpaired) electrons. The van der Waals surface area contributed by atoms with Crippen molar-refractivity contribution in [3.05, 3.63) is 0 Å². The van der Waals surface area contributed by atoms with Crippen LogP contribution in [0.4, 0.5) is 4.79 Å². The third kappa shape index (κ3) is 3.44. The number of carboxylic acid groups (broad SMARTS) is 1. The molecule has 0 bridgehead atoms. The Balaban J connectivity index is 2.05. The number of carbonyl (C=O) groups excluding carboxylic acids is 1. The third-order valence-electron chi connectivity index (χ3n) is 4.38. The molecule has 0 aromatic carbocycles. The number of carboxylic acids is 1. The van der Waals surface area contributed by atoms with Crippen LogP contribution in [0.1, 0.15) is 52.4 Å². The highest BCUT2D eigenvalue weighted by atomic mass is 16.4. The summed E-state index contributed by atoms with van der Waals surface area (Å²) in [5.74, 6) is -0.485. The highest BCUT2D eigenvalue weighted by Crippen LogP contribution is 2.30. The summed E-state index contributed by atoms with van der Waals surface area (Å²) in [5, 5.41) is 9.38. The van der Waals surface area contributed by atoms with Gasteiger partial charge in [-0.25, -0.2) is 9.59 Å². The molecule has 1 aliphatic heterocycles. The van der Waals surface area contributed by atoms with E-state index in [1.54, 1.807) is 4.90 Å². The van der Waals surface area contributed by atoms with Crippen molar-refractivity contribution in [2.75, 3.05) is 13.1 Å². The van der Waals surface area contributed by atoms with Gasteiger partial charge in [-0.3, -0.25) is 0 Å². The summed E-state index contributed by atoms with van der Waals surface area (Å²) in [4.78, 5) is 27.6. The lowest BCUT2D eigenvalue weighted by atomic mass is 9.92. The second kappa shape index (κ2) is 6.46. The average Bonchev–Trinajstić information content (AvgIpc) is 3.23. The Bertz CT molecular complexity index is 368. The molecule has 2 unspecified atom stereocenters. The van der Waals surface area contributed by atoms with Gasteiger partial charge in [0.2, 0.25) is 0 Å². The van der Waals surface area contributed by atoms with E-state index in [0.29, 0.717) is 24.9 Å². The van der Waals surface area contributed by atoms with Gasteiger partial charge in [0.15, 0.2) is 0 Å². The number of unbranched alkanes of at least 4 members (excludes halogenated alkanes) is 1. The number of amides is 2. The number of hydrogen-bond acceptors (Lipinski definition) is 2. The van der Waals surface area contributed by atoms with Gasteiger partial charge in [0.05, 0.1) is 0 Å². The van der Waals surface area contributed by atoms with Crippen LogP contribution in [0.15, 0.2) is 0 Å². The van der Waals surface area contributed by atoms with Crippen molar-refractivity contribution in [2.24, 2.45) is 5.92 Å². The molecule has 5 heteroatoms. The number of carbonyl (C=O) groups is 2. The zero-order valence-corrected chi connectivity index (χ0v) is 12.5. The van der Waals surface area contributed by atoms with Crippen LogP contribution < -0.4 is 0 Å². The predicted molar refractivity (Wildman–Crippen MR) is 76.6 cm³/mol. The minimum Gasteiger partial charge on any atom is -0.480 e. The monoisotopic (exact) mass is 282 g/mol. The van der Waals surface area contributed by atoms with Crippen LogP contribution >= 0.6 is 0 Å². The van der Waals surface area contributed by atoms with E-state index in [1.807, 2.05) is 4.90 Å². The van der Waals surface area contributed by atoms with Crippen LogP contribution in [0.25, 0.3) is 0 Å². The van der Waals surface area contributed by atoms with Crippen molar-refractivity contribution in [3.8, 4) is 0 Å². The average molecular weight is 282 g/mol. The van der Waals surface area contributed by atoms with Gasteiger partial charge in [0.1, 0.15) is 6.04 Å². The Morgan fingerprint density at radius 3 is 2.55 bits per heavy atom. The van der Waals surface area contributed by atoms with Crippen molar-refractivity contribution in [1.29, 1.82) is 0 Å². The molecule has 1 aliphatic carbocycles. The summed E-state index contributed by atoms with van der Waals surface area (Å²) in [7, 11) is 0. The molecule has 20 heavy (non-hydrogen) atoms. The van der Waals surface area contributed by atoms with Gasteiger partial charge >= 0.3 is 12.0 Å². The minimum atomic E-state index is -0.865. The molecule has 0 aromatic rings. The third-order valence-corrected chi connectivity index (χ3v) is 4.38. The van der Waals surface area contributed by atoms with Crippen molar-refractivity contribution in [3.63, 3.8) is 0 Å². The molecule has 2 atom stereocenters.